The number of anilines is 1. The Labute approximate surface area is 108 Å². The van der Waals surface area contributed by atoms with Crippen LogP contribution in [0.1, 0.15) is 0 Å². The van der Waals surface area contributed by atoms with E-state index in [1.807, 2.05) is 35.6 Å². The van der Waals surface area contributed by atoms with E-state index in [0.717, 1.165) is 10.7 Å². The average Bonchev–Trinajstić information content (AvgIpc) is 2.16. The molecule has 0 heterocycles. The third-order valence-corrected chi connectivity index (χ3v) is 3.79. The minimum Gasteiger partial charge on any atom is -0.309 e. The van der Waals surface area contributed by atoms with E-state index in [2.05, 4.69) is 30.4 Å². The summed E-state index contributed by atoms with van der Waals surface area (Å²) in [4.78, 5) is 0. The van der Waals surface area contributed by atoms with E-state index in [9.17, 15) is 0 Å². The first-order valence-corrected chi connectivity index (χ1v) is 9.72. The van der Waals surface area contributed by atoms with Crippen molar-refractivity contribution in [1.29, 1.82) is 0 Å². The Balaban J connectivity index is 2.62. The van der Waals surface area contributed by atoms with Crippen molar-refractivity contribution in [2.45, 2.75) is 19.6 Å². The van der Waals surface area contributed by atoms with Gasteiger partial charge < -0.3 is 4.31 Å². The molecule has 0 aliphatic carbocycles. The quantitative estimate of drug-likeness (QED) is 0.448. The van der Waals surface area contributed by atoms with Crippen LogP contribution in [0, 0.1) is 10.8 Å². The lowest BCUT2D eigenvalue weighted by molar-refractivity contribution is 1.37. The van der Waals surface area contributed by atoms with E-state index >= 15 is 0 Å². The Kier molecular flexibility index (Phi) is 4.79. The second-order valence-corrected chi connectivity index (χ2v) is 10.7. The van der Waals surface area contributed by atoms with Crippen molar-refractivity contribution in [1.82, 2.24) is 0 Å². The van der Waals surface area contributed by atoms with Crippen LogP contribution in [0.4, 0.5) is 5.69 Å². The molecular formula is C12H16ClNSSi. The summed E-state index contributed by atoms with van der Waals surface area (Å²) in [7, 11) is 0.743. The molecule has 0 fully saturated rings. The molecule has 4 heteroatoms. The fraction of sp³-hybridized carbons (Fsp3) is 0.333. The number of hydrogen-bond donors (Lipinski definition) is 0. The molecule has 1 nitrogen and oxygen atoms in total. The maximum absolute atomic E-state index is 5.83. The average molecular weight is 270 g/mol. The maximum atomic E-state index is 5.83. The lowest BCUT2D eigenvalue weighted by Crippen LogP contribution is -2.16. The van der Waals surface area contributed by atoms with E-state index in [4.69, 9.17) is 11.6 Å². The van der Waals surface area contributed by atoms with Crippen molar-refractivity contribution in [2.24, 2.45) is 0 Å². The van der Waals surface area contributed by atoms with E-state index in [1.165, 1.54) is 11.9 Å². The van der Waals surface area contributed by atoms with Crippen LogP contribution >= 0.6 is 23.5 Å². The minimum atomic E-state index is -1.26. The molecule has 0 unspecified atom stereocenters. The van der Waals surface area contributed by atoms with Crippen LogP contribution < -0.4 is 4.31 Å². The molecular weight excluding hydrogens is 254 g/mol. The molecule has 0 radical (unpaired) electrons. The summed E-state index contributed by atoms with van der Waals surface area (Å²) >= 11 is 7.36. The van der Waals surface area contributed by atoms with Gasteiger partial charge in [-0.2, -0.15) is 0 Å². The van der Waals surface area contributed by atoms with Crippen LogP contribution in [0.25, 0.3) is 0 Å². The first-order valence-electron chi connectivity index (χ1n) is 5.07. The topological polar surface area (TPSA) is 3.24 Å². The van der Waals surface area contributed by atoms with Gasteiger partial charge in [0.15, 0.2) is 0 Å². The van der Waals surface area contributed by atoms with Crippen LogP contribution in [-0.4, -0.2) is 15.1 Å². The van der Waals surface area contributed by atoms with Crippen molar-refractivity contribution < 1.29 is 0 Å². The molecule has 0 N–H and O–H groups in total. The molecule has 0 aliphatic heterocycles. The Bertz CT molecular complexity index is 400. The Morgan fingerprint density at radius 1 is 1.19 bits per heavy atom. The smallest absolute Gasteiger partial charge is 0.130 e. The highest BCUT2D eigenvalue weighted by Gasteiger charge is 2.07. The zero-order chi connectivity index (χ0) is 12.2. The molecule has 0 aliphatic rings. The molecule has 16 heavy (non-hydrogen) atoms. The van der Waals surface area contributed by atoms with E-state index in [1.54, 1.807) is 0 Å². The van der Waals surface area contributed by atoms with Gasteiger partial charge in [0.1, 0.15) is 8.07 Å². The summed E-state index contributed by atoms with van der Waals surface area (Å²) in [5.74, 6) is 0. The highest BCUT2D eigenvalue weighted by Crippen LogP contribution is 2.21. The van der Waals surface area contributed by atoms with E-state index in [0.29, 0.717) is 0 Å². The third-order valence-electron chi connectivity index (χ3n) is 1.80. The molecule has 0 atom stereocenters. The van der Waals surface area contributed by atoms with Gasteiger partial charge in [0.05, 0.1) is 0 Å². The van der Waals surface area contributed by atoms with Gasteiger partial charge in [0, 0.05) is 29.7 Å². The van der Waals surface area contributed by atoms with E-state index in [-0.39, 0.29) is 0 Å². The van der Waals surface area contributed by atoms with Crippen molar-refractivity contribution >= 4 is 37.3 Å². The monoisotopic (exact) mass is 269 g/mol. The van der Waals surface area contributed by atoms with Crippen LogP contribution in [0.2, 0.25) is 24.7 Å². The summed E-state index contributed by atoms with van der Waals surface area (Å²) in [6.45, 7) is 6.72. The lowest BCUT2D eigenvalue weighted by atomic mass is 10.3. The van der Waals surface area contributed by atoms with Crippen molar-refractivity contribution in [2.75, 3.05) is 11.4 Å². The first-order chi connectivity index (χ1) is 7.38. The van der Waals surface area contributed by atoms with Crippen LogP contribution in [0.15, 0.2) is 24.3 Å². The summed E-state index contributed by atoms with van der Waals surface area (Å²) in [5, 5.41) is 3.92. The standard InChI is InChI=1S/C12H16ClNSSi/c1-14(15-9-10-16(2,3)4)12-7-5-11(13)6-8-12/h5-8H,1-4H3. The van der Waals surface area contributed by atoms with Crippen molar-refractivity contribution in [3.63, 3.8) is 0 Å². The van der Waals surface area contributed by atoms with Crippen LogP contribution in [0.5, 0.6) is 0 Å². The fourth-order valence-electron chi connectivity index (χ4n) is 0.948. The Hall–Kier alpha value is -0.563. The van der Waals surface area contributed by atoms with Crippen molar-refractivity contribution in [3.05, 3.63) is 29.3 Å². The molecule has 86 valence electrons. The van der Waals surface area contributed by atoms with Gasteiger partial charge in [-0.3, -0.25) is 0 Å². The largest absolute Gasteiger partial charge is 0.309 e. The SMILES string of the molecule is CN(SC#C[Si](C)(C)C)c1ccc(Cl)cc1. The van der Waals surface area contributed by atoms with Gasteiger partial charge >= 0.3 is 0 Å². The van der Waals surface area contributed by atoms with Gasteiger partial charge in [-0.25, -0.2) is 0 Å². The predicted octanol–water partition coefficient (Wildman–Crippen LogP) is 4.26. The number of hydrogen-bond acceptors (Lipinski definition) is 2. The van der Waals surface area contributed by atoms with Gasteiger partial charge in [0.25, 0.3) is 0 Å². The molecule has 1 aromatic rings. The number of halogens is 1. The number of nitrogens with zero attached hydrogens (tertiary/aromatic N) is 1. The predicted molar refractivity (Wildman–Crippen MR) is 78.6 cm³/mol. The number of rotatable bonds is 2. The van der Waals surface area contributed by atoms with Crippen molar-refractivity contribution in [3.8, 4) is 10.8 Å². The molecule has 0 aromatic heterocycles. The van der Waals surface area contributed by atoms with Crippen LogP contribution in [-0.2, 0) is 0 Å². The second-order valence-electron chi connectivity index (χ2n) is 4.54. The molecule has 1 aromatic carbocycles. The normalized spacial score (nSPS) is 10.6. The lowest BCUT2D eigenvalue weighted by Gasteiger charge is -2.14. The zero-order valence-electron chi connectivity index (χ0n) is 10.0. The maximum Gasteiger partial charge on any atom is 0.130 e. The van der Waals surface area contributed by atoms with Crippen LogP contribution in [0.3, 0.4) is 0 Å². The highest BCUT2D eigenvalue weighted by atomic mass is 35.5. The third kappa shape index (κ3) is 4.98. The fourth-order valence-corrected chi connectivity index (χ4v) is 2.85. The molecule has 0 amide bonds. The molecule has 1 rings (SSSR count). The molecule has 0 saturated carbocycles. The number of benzene rings is 1. The minimum absolute atomic E-state index is 0.760. The highest BCUT2D eigenvalue weighted by molar-refractivity contribution is 8.05. The summed E-state index contributed by atoms with van der Waals surface area (Å²) in [5.41, 5.74) is 4.43. The Morgan fingerprint density at radius 3 is 2.25 bits per heavy atom. The molecule has 0 bridgehead atoms. The van der Waals surface area contributed by atoms with Gasteiger partial charge in [-0.15, -0.1) is 5.54 Å². The van der Waals surface area contributed by atoms with E-state index < -0.39 is 8.07 Å². The van der Waals surface area contributed by atoms with Gasteiger partial charge in [-0.05, 0) is 29.5 Å². The van der Waals surface area contributed by atoms with Gasteiger partial charge in [0.2, 0.25) is 0 Å². The summed E-state index contributed by atoms with van der Waals surface area (Å²) in [6, 6.07) is 7.76. The second kappa shape index (κ2) is 5.67. The zero-order valence-corrected chi connectivity index (χ0v) is 12.6. The van der Waals surface area contributed by atoms with Gasteiger partial charge in [-0.1, -0.05) is 31.2 Å². The summed E-state index contributed by atoms with van der Waals surface area (Å²) < 4.78 is 2.05. The molecule has 0 saturated heterocycles. The molecule has 0 spiro atoms. The first kappa shape index (κ1) is 13.5. The Morgan fingerprint density at radius 2 is 1.75 bits per heavy atom. The summed E-state index contributed by atoms with van der Waals surface area (Å²) in [6.07, 6.45) is 0.